The zero-order chi connectivity index (χ0) is 20.6. The third-order valence-corrected chi connectivity index (χ3v) is 4.43. The smallest absolute Gasteiger partial charge is 0.220 e. The number of carbonyl (C=O) groups excluding carboxylic acids is 1. The van der Waals surface area contributed by atoms with E-state index in [-0.39, 0.29) is 5.91 Å². The molecule has 0 fully saturated rings. The summed E-state index contributed by atoms with van der Waals surface area (Å²) in [6.07, 6.45) is 2.64. The fourth-order valence-corrected chi connectivity index (χ4v) is 2.95. The second-order valence-electron chi connectivity index (χ2n) is 6.73. The van der Waals surface area contributed by atoms with Crippen LogP contribution in [0.2, 0.25) is 0 Å². The van der Waals surface area contributed by atoms with E-state index in [9.17, 15) is 4.79 Å². The van der Waals surface area contributed by atoms with Crippen molar-refractivity contribution in [3.05, 3.63) is 59.7 Å². The number of hydrogen-bond acceptors (Lipinski definition) is 6. The van der Waals surface area contributed by atoms with Crippen LogP contribution in [0.25, 0.3) is 5.82 Å². The molecule has 0 aliphatic heterocycles. The van der Waals surface area contributed by atoms with Crippen molar-refractivity contribution in [1.29, 1.82) is 0 Å². The number of nitrogens with one attached hydrogen (secondary N) is 2. The lowest BCUT2D eigenvalue weighted by molar-refractivity contribution is -0.120. The Morgan fingerprint density at radius 1 is 1.10 bits per heavy atom. The maximum Gasteiger partial charge on any atom is 0.220 e. The van der Waals surface area contributed by atoms with Gasteiger partial charge in [-0.2, -0.15) is 5.10 Å². The van der Waals surface area contributed by atoms with Crippen molar-refractivity contribution in [2.75, 3.05) is 25.5 Å². The highest BCUT2D eigenvalue weighted by molar-refractivity contribution is 5.76. The Morgan fingerprint density at radius 3 is 2.59 bits per heavy atom. The van der Waals surface area contributed by atoms with Crippen molar-refractivity contribution in [1.82, 2.24) is 25.1 Å². The third-order valence-electron chi connectivity index (χ3n) is 4.43. The molecule has 2 aromatic heterocycles. The maximum absolute atomic E-state index is 12.0. The standard InChI is InChI=1S/C21H26N6O2/c1-15-12-16(2)27(26-15)20-13-19(24-14-25-20)22-10-11-23-21(28)9-6-17-4-7-18(29-3)8-5-17/h4-5,7-8,12-14H,6,9-11H2,1-3H3,(H,23,28)(H,22,24,25). The molecule has 8 nitrogen and oxygen atoms in total. The topological polar surface area (TPSA) is 94.0 Å². The molecule has 1 amide bonds. The number of methoxy groups -OCH3 is 1. The quantitative estimate of drug-likeness (QED) is 0.542. The molecule has 3 aromatic rings. The second kappa shape index (κ2) is 9.68. The van der Waals surface area contributed by atoms with Gasteiger partial charge in [-0.15, -0.1) is 0 Å². The Bertz CT molecular complexity index is 952. The molecule has 2 N–H and O–H groups in total. The van der Waals surface area contributed by atoms with Crippen LogP contribution >= 0.6 is 0 Å². The van der Waals surface area contributed by atoms with E-state index in [1.807, 2.05) is 50.2 Å². The van der Waals surface area contributed by atoms with Crippen LogP contribution in [-0.4, -0.2) is 45.9 Å². The van der Waals surface area contributed by atoms with Gasteiger partial charge in [0.05, 0.1) is 12.8 Å². The molecule has 0 bridgehead atoms. The number of anilines is 1. The lowest BCUT2D eigenvalue weighted by Crippen LogP contribution is -2.29. The first kappa shape index (κ1) is 20.3. The Hall–Kier alpha value is -3.42. The minimum absolute atomic E-state index is 0.0219. The van der Waals surface area contributed by atoms with E-state index in [0.717, 1.165) is 22.7 Å². The average Bonchev–Trinajstić information content (AvgIpc) is 3.08. The van der Waals surface area contributed by atoms with Crippen LogP contribution < -0.4 is 15.4 Å². The molecule has 0 aliphatic rings. The van der Waals surface area contributed by atoms with Gasteiger partial charge in [0.25, 0.3) is 0 Å². The second-order valence-corrected chi connectivity index (χ2v) is 6.73. The van der Waals surface area contributed by atoms with Gasteiger partial charge in [0.15, 0.2) is 5.82 Å². The van der Waals surface area contributed by atoms with E-state index < -0.39 is 0 Å². The summed E-state index contributed by atoms with van der Waals surface area (Å²) < 4.78 is 6.92. The van der Waals surface area contributed by atoms with Crippen LogP contribution in [0.15, 0.2) is 42.7 Å². The highest BCUT2D eigenvalue weighted by Crippen LogP contribution is 2.13. The monoisotopic (exact) mass is 394 g/mol. The van der Waals surface area contributed by atoms with Crippen LogP contribution in [0.5, 0.6) is 5.75 Å². The molecule has 0 unspecified atom stereocenters. The van der Waals surface area contributed by atoms with Gasteiger partial charge in [0, 0.05) is 31.3 Å². The van der Waals surface area contributed by atoms with Gasteiger partial charge >= 0.3 is 0 Å². The summed E-state index contributed by atoms with van der Waals surface area (Å²) >= 11 is 0. The summed E-state index contributed by atoms with van der Waals surface area (Å²) in [4.78, 5) is 20.5. The lowest BCUT2D eigenvalue weighted by atomic mass is 10.1. The van der Waals surface area contributed by atoms with Crippen LogP contribution in [0, 0.1) is 13.8 Å². The zero-order valence-electron chi connectivity index (χ0n) is 17.0. The molecule has 0 aliphatic carbocycles. The van der Waals surface area contributed by atoms with E-state index in [1.54, 1.807) is 11.8 Å². The van der Waals surface area contributed by atoms with Crippen LogP contribution in [-0.2, 0) is 11.2 Å². The van der Waals surface area contributed by atoms with Crippen LogP contribution in [0.1, 0.15) is 23.4 Å². The van der Waals surface area contributed by atoms with Crippen LogP contribution in [0.3, 0.4) is 0 Å². The number of amides is 1. The Labute approximate surface area is 170 Å². The number of nitrogens with zero attached hydrogens (tertiary/aromatic N) is 4. The van der Waals surface area contributed by atoms with E-state index in [2.05, 4.69) is 25.7 Å². The highest BCUT2D eigenvalue weighted by Gasteiger charge is 2.07. The molecule has 0 spiro atoms. The molecule has 0 atom stereocenters. The minimum atomic E-state index is 0.0219. The summed E-state index contributed by atoms with van der Waals surface area (Å²) in [5.74, 6) is 2.23. The maximum atomic E-state index is 12.0. The Balaban J connectivity index is 1.41. The van der Waals surface area contributed by atoms with Gasteiger partial charge in [0.2, 0.25) is 5.91 Å². The predicted molar refractivity (Wildman–Crippen MR) is 111 cm³/mol. The molecular formula is C21H26N6O2. The number of benzene rings is 1. The zero-order valence-corrected chi connectivity index (χ0v) is 17.0. The first-order valence-electron chi connectivity index (χ1n) is 9.54. The molecule has 3 rings (SSSR count). The molecular weight excluding hydrogens is 368 g/mol. The van der Waals surface area contributed by atoms with E-state index >= 15 is 0 Å². The first-order chi connectivity index (χ1) is 14.0. The van der Waals surface area contributed by atoms with Gasteiger partial charge in [-0.05, 0) is 44.0 Å². The third kappa shape index (κ3) is 5.78. The Kier molecular flexibility index (Phi) is 6.78. The minimum Gasteiger partial charge on any atom is -0.497 e. The van der Waals surface area contributed by atoms with Crippen molar-refractivity contribution in [3.63, 3.8) is 0 Å². The molecule has 2 heterocycles. The molecule has 0 saturated carbocycles. The summed E-state index contributed by atoms with van der Waals surface area (Å²) in [7, 11) is 1.64. The van der Waals surface area contributed by atoms with Crippen molar-refractivity contribution in [2.24, 2.45) is 0 Å². The van der Waals surface area contributed by atoms with E-state index in [0.29, 0.717) is 37.6 Å². The molecule has 0 saturated heterocycles. The Morgan fingerprint density at radius 2 is 1.90 bits per heavy atom. The number of aromatic nitrogens is 4. The number of carbonyl (C=O) groups is 1. The fourth-order valence-electron chi connectivity index (χ4n) is 2.95. The number of aryl methyl sites for hydroxylation is 3. The van der Waals surface area contributed by atoms with Gasteiger partial charge in [-0.25, -0.2) is 14.6 Å². The normalized spacial score (nSPS) is 10.6. The van der Waals surface area contributed by atoms with Crippen molar-refractivity contribution >= 4 is 11.7 Å². The van der Waals surface area contributed by atoms with Gasteiger partial charge in [-0.1, -0.05) is 12.1 Å². The molecule has 1 aromatic carbocycles. The summed E-state index contributed by atoms with van der Waals surface area (Å²) in [6.45, 7) is 5.01. The summed E-state index contributed by atoms with van der Waals surface area (Å²) in [6, 6.07) is 11.6. The van der Waals surface area contributed by atoms with Gasteiger partial charge in [0.1, 0.15) is 17.9 Å². The first-order valence-corrected chi connectivity index (χ1v) is 9.54. The average molecular weight is 394 g/mol. The summed E-state index contributed by atoms with van der Waals surface area (Å²) in [5.41, 5.74) is 3.06. The van der Waals surface area contributed by atoms with Gasteiger partial charge in [-0.3, -0.25) is 4.79 Å². The van der Waals surface area contributed by atoms with Gasteiger partial charge < -0.3 is 15.4 Å². The van der Waals surface area contributed by atoms with Crippen molar-refractivity contribution < 1.29 is 9.53 Å². The summed E-state index contributed by atoms with van der Waals surface area (Å²) in [5, 5.41) is 10.6. The van der Waals surface area contributed by atoms with Crippen LogP contribution in [0.4, 0.5) is 5.82 Å². The molecule has 0 radical (unpaired) electrons. The SMILES string of the molecule is COc1ccc(CCC(=O)NCCNc2cc(-n3nc(C)cc3C)ncn2)cc1. The number of hydrogen-bond donors (Lipinski definition) is 2. The molecule has 8 heteroatoms. The van der Waals surface area contributed by atoms with Crippen molar-refractivity contribution in [3.8, 4) is 11.6 Å². The predicted octanol–water partition coefficient (Wildman–Crippen LogP) is 2.45. The lowest BCUT2D eigenvalue weighted by Gasteiger charge is -2.09. The number of rotatable bonds is 9. The fraction of sp³-hybridized carbons (Fsp3) is 0.333. The highest BCUT2D eigenvalue weighted by atomic mass is 16.5. The number of ether oxygens (including phenoxy) is 1. The van der Waals surface area contributed by atoms with Crippen molar-refractivity contribution in [2.45, 2.75) is 26.7 Å². The van der Waals surface area contributed by atoms with E-state index in [4.69, 9.17) is 4.74 Å². The largest absolute Gasteiger partial charge is 0.497 e. The van der Waals surface area contributed by atoms with E-state index in [1.165, 1.54) is 6.33 Å². The molecule has 29 heavy (non-hydrogen) atoms. The molecule has 152 valence electrons.